The van der Waals surface area contributed by atoms with Gasteiger partial charge in [0.25, 0.3) is 0 Å². The van der Waals surface area contributed by atoms with E-state index < -0.39 is 0 Å². The molecular formula is C20H19N5O3S. The average molecular weight is 409 g/mol. The standard InChI is InChI=1S/C20H19N5O3S/c1-4-26-29-28-17-9-15(27-14-6-5-7-21-11-14)12-22-18(17)20-24-16-8-13(2)10-23-19(16)25(20)3/h5-12H,4H2,1-3H3. The molecule has 0 bridgehead atoms. The number of ether oxygens (including phenoxy) is 1. The van der Waals surface area contributed by atoms with E-state index >= 15 is 0 Å². The normalized spacial score (nSPS) is 11.0. The van der Waals surface area contributed by atoms with Gasteiger partial charge >= 0.3 is 0 Å². The van der Waals surface area contributed by atoms with Crippen LogP contribution >= 0.6 is 12.3 Å². The molecule has 4 heterocycles. The highest BCUT2D eigenvalue weighted by atomic mass is 32.2. The maximum absolute atomic E-state index is 5.83. The minimum absolute atomic E-state index is 0.472. The molecule has 29 heavy (non-hydrogen) atoms. The quantitative estimate of drug-likeness (QED) is 0.326. The molecule has 0 aliphatic carbocycles. The highest BCUT2D eigenvalue weighted by Gasteiger charge is 2.19. The Bertz CT molecular complexity index is 1130. The Morgan fingerprint density at radius 2 is 2.00 bits per heavy atom. The third-order valence-electron chi connectivity index (χ3n) is 4.05. The molecule has 0 aliphatic rings. The second-order valence-electron chi connectivity index (χ2n) is 6.22. The average Bonchev–Trinajstić information content (AvgIpc) is 3.05. The van der Waals surface area contributed by atoms with Crippen molar-refractivity contribution in [1.82, 2.24) is 24.5 Å². The van der Waals surface area contributed by atoms with Gasteiger partial charge in [0.15, 0.2) is 17.2 Å². The summed E-state index contributed by atoms with van der Waals surface area (Å²) in [6, 6.07) is 7.35. The zero-order valence-corrected chi connectivity index (χ0v) is 17.0. The summed E-state index contributed by atoms with van der Waals surface area (Å²) >= 11 is 0.885. The summed E-state index contributed by atoms with van der Waals surface area (Å²) in [6.45, 7) is 4.38. The Balaban J connectivity index is 1.74. The highest BCUT2D eigenvalue weighted by molar-refractivity contribution is 7.90. The molecule has 0 atom stereocenters. The van der Waals surface area contributed by atoms with Crippen LogP contribution in [0.15, 0.2) is 49.1 Å². The van der Waals surface area contributed by atoms with Crippen molar-refractivity contribution in [1.29, 1.82) is 0 Å². The molecular weight excluding hydrogens is 390 g/mol. The monoisotopic (exact) mass is 409 g/mol. The van der Waals surface area contributed by atoms with Crippen molar-refractivity contribution in [3.63, 3.8) is 0 Å². The van der Waals surface area contributed by atoms with Crippen LogP contribution in [0.4, 0.5) is 0 Å². The largest absolute Gasteiger partial charge is 0.454 e. The third kappa shape index (κ3) is 4.15. The number of hydrogen-bond acceptors (Lipinski definition) is 8. The molecule has 0 aromatic carbocycles. The third-order valence-corrected chi connectivity index (χ3v) is 4.62. The van der Waals surface area contributed by atoms with E-state index in [1.807, 2.05) is 43.8 Å². The number of rotatable bonds is 7. The van der Waals surface area contributed by atoms with Gasteiger partial charge in [-0.3, -0.25) is 9.17 Å². The maximum Gasteiger partial charge on any atom is 0.225 e. The number of aromatic nitrogens is 5. The molecule has 0 saturated heterocycles. The second kappa shape index (κ2) is 8.46. The zero-order chi connectivity index (χ0) is 20.2. The predicted molar refractivity (Wildman–Crippen MR) is 111 cm³/mol. The van der Waals surface area contributed by atoms with Crippen LogP contribution in [0.5, 0.6) is 17.2 Å². The second-order valence-corrected chi connectivity index (χ2v) is 6.75. The SMILES string of the molecule is CCOSOc1cc(Oc2cccnc2)cnc1-c1nc2cc(C)cnc2n1C. The summed E-state index contributed by atoms with van der Waals surface area (Å²) in [6.07, 6.45) is 6.75. The molecule has 0 unspecified atom stereocenters. The van der Waals surface area contributed by atoms with Gasteiger partial charge in [0.2, 0.25) is 12.3 Å². The smallest absolute Gasteiger partial charge is 0.225 e. The molecule has 4 rings (SSSR count). The molecule has 4 aromatic heterocycles. The summed E-state index contributed by atoms with van der Waals surface area (Å²) in [4.78, 5) is 17.8. The van der Waals surface area contributed by atoms with E-state index in [9.17, 15) is 0 Å². The van der Waals surface area contributed by atoms with Gasteiger partial charge in [-0.1, -0.05) is 0 Å². The lowest BCUT2D eigenvalue weighted by atomic mass is 10.3. The Morgan fingerprint density at radius 3 is 2.79 bits per heavy atom. The molecule has 0 radical (unpaired) electrons. The Kier molecular flexibility index (Phi) is 5.59. The molecule has 4 aromatic rings. The van der Waals surface area contributed by atoms with Crippen molar-refractivity contribution in [3.8, 4) is 28.8 Å². The van der Waals surface area contributed by atoms with Gasteiger partial charge in [-0.05, 0) is 37.6 Å². The lowest BCUT2D eigenvalue weighted by Gasteiger charge is -2.11. The summed E-state index contributed by atoms with van der Waals surface area (Å²) in [5.74, 6) is 2.23. The number of aryl methyl sites for hydroxylation is 2. The molecule has 0 saturated carbocycles. The van der Waals surface area contributed by atoms with Crippen LogP contribution in [0.3, 0.4) is 0 Å². The molecule has 0 spiro atoms. The van der Waals surface area contributed by atoms with Crippen molar-refractivity contribution in [2.45, 2.75) is 13.8 Å². The molecule has 148 valence electrons. The fourth-order valence-corrected chi connectivity index (χ4v) is 3.10. The Labute approximate surface area is 172 Å². The van der Waals surface area contributed by atoms with Gasteiger partial charge in [0, 0.05) is 25.5 Å². The van der Waals surface area contributed by atoms with Crippen molar-refractivity contribution < 1.29 is 13.1 Å². The number of fused-ring (bicyclic) bond motifs is 1. The first kappa shape index (κ1) is 19.2. The maximum atomic E-state index is 5.83. The fourth-order valence-electron chi connectivity index (χ4n) is 2.75. The van der Waals surface area contributed by atoms with Crippen LogP contribution in [-0.4, -0.2) is 31.1 Å². The summed E-state index contributed by atoms with van der Waals surface area (Å²) < 4.78 is 18.7. The first-order valence-electron chi connectivity index (χ1n) is 8.99. The van der Waals surface area contributed by atoms with Crippen molar-refractivity contribution >= 4 is 23.5 Å². The van der Waals surface area contributed by atoms with Crippen LogP contribution in [0, 0.1) is 6.92 Å². The van der Waals surface area contributed by atoms with Gasteiger partial charge in [0.05, 0.1) is 19.0 Å². The molecule has 0 aliphatic heterocycles. The molecule has 0 fully saturated rings. The Hall–Kier alpha value is -3.17. The van der Waals surface area contributed by atoms with Crippen molar-refractivity contribution in [2.24, 2.45) is 7.05 Å². The van der Waals surface area contributed by atoms with E-state index in [2.05, 4.69) is 15.0 Å². The number of imidazole rings is 1. The lowest BCUT2D eigenvalue weighted by molar-refractivity contribution is 0.369. The zero-order valence-electron chi connectivity index (χ0n) is 16.2. The van der Waals surface area contributed by atoms with E-state index in [1.165, 1.54) is 0 Å². The first-order valence-corrected chi connectivity index (χ1v) is 9.66. The topological polar surface area (TPSA) is 84.2 Å². The van der Waals surface area contributed by atoms with E-state index in [-0.39, 0.29) is 0 Å². The van der Waals surface area contributed by atoms with Gasteiger partial charge in [-0.2, -0.15) is 0 Å². The van der Waals surface area contributed by atoms with Crippen LogP contribution in [0.25, 0.3) is 22.7 Å². The van der Waals surface area contributed by atoms with Gasteiger partial charge in [0.1, 0.15) is 22.7 Å². The van der Waals surface area contributed by atoms with Crippen LogP contribution in [-0.2, 0) is 11.2 Å². The Morgan fingerprint density at radius 1 is 1.10 bits per heavy atom. The molecule has 8 nitrogen and oxygen atoms in total. The van der Waals surface area contributed by atoms with Gasteiger partial charge in [-0.25, -0.2) is 15.0 Å². The van der Waals surface area contributed by atoms with Crippen molar-refractivity contribution in [3.05, 3.63) is 54.6 Å². The molecule has 9 heteroatoms. The van der Waals surface area contributed by atoms with E-state index in [4.69, 9.17) is 18.1 Å². The van der Waals surface area contributed by atoms with Gasteiger partial charge in [-0.15, -0.1) is 0 Å². The summed E-state index contributed by atoms with van der Waals surface area (Å²) in [5, 5.41) is 0. The minimum Gasteiger partial charge on any atom is -0.454 e. The molecule has 0 amide bonds. The fraction of sp³-hybridized carbons (Fsp3) is 0.200. The highest BCUT2D eigenvalue weighted by Crippen LogP contribution is 2.35. The lowest BCUT2D eigenvalue weighted by Crippen LogP contribution is -1.99. The van der Waals surface area contributed by atoms with Crippen molar-refractivity contribution in [2.75, 3.05) is 6.61 Å². The minimum atomic E-state index is 0.472. The van der Waals surface area contributed by atoms with E-state index in [0.717, 1.165) is 29.1 Å². The molecule has 0 N–H and O–H groups in total. The first-order chi connectivity index (χ1) is 14.2. The van der Waals surface area contributed by atoms with E-state index in [1.54, 1.807) is 30.7 Å². The predicted octanol–water partition coefficient (Wildman–Crippen LogP) is 4.50. The summed E-state index contributed by atoms with van der Waals surface area (Å²) in [7, 11) is 1.90. The van der Waals surface area contributed by atoms with E-state index in [0.29, 0.717) is 35.4 Å². The van der Waals surface area contributed by atoms with Gasteiger partial charge < -0.3 is 13.5 Å². The summed E-state index contributed by atoms with van der Waals surface area (Å²) in [5.41, 5.74) is 3.17. The van der Waals surface area contributed by atoms with Crippen LogP contribution in [0.1, 0.15) is 12.5 Å². The van der Waals surface area contributed by atoms with Crippen LogP contribution in [0.2, 0.25) is 0 Å². The number of pyridine rings is 3. The number of hydrogen-bond donors (Lipinski definition) is 0. The van der Waals surface area contributed by atoms with Crippen LogP contribution < -0.4 is 8.92 Å². The number of nitrogens with zero attached hydrogens (tertiary/aromatic N) is 5.